The average molecular weight is 289 g/mol. The number of carbonyl (C=O) groups excluding carboxylic acids is 2. The topological polar surface area (TPSA) is 75.0 Å². The number of imidazole rings is 1. The molecular weight excluding hydrogens is 284 g/mol. The lowest BCUT2D eigenvalue weighted by atomic mass is 10.1. The van der Waals surface area contributed by atoms with Gasteiger partial charge < -0.3 is 9.90 Å². The number of aliphatic carboxylic acids is 1. The number of hydrogen-bond acceptors (Lipinski definition) is 4. The molecular formula is C11H5F4N2O3-. The standard InChI is InChI=1S/C11H6F4N2O3/c12-10(13,11(14,15)9(19)20)8(18)17-5-16-6-3-1-2-4-7(6)17/h1-5H,(H,19,20)/p-1. The van der Waals surface area contributed by atoms with Gasteiger partial charge in [-0.1, -0.05) is 12.1 Å². The van der Waals surface area contributed by atoms with Crippen LogP contribution in [0.5, 0.6) is 0 Å². The van der Waals surface area contributed by atoms with E-state index in [1.54, 1.807) is 0 Å². The Balaban J connectivity index is 2.53. The molecule has 0 fully saturated rings. The summed E-state index contributed by atoms with van der Waals surface area (Å²) in [6, 6.07) is 5.45. The summed E-state index contributed by atoms with van der Waals surface area (Å²) in [5.74, 6) is -16.8. The summed E-state index contributed by atoms with van der Waals surface area (Å²) in [5.41, 5.74) is -0.0280. The fraction of sp³-hybridized carbons (Fsp3) is 0.182. The molecule has 0 spiro atoms. The molecule has 0 atom stereocenters. The Morgan fingerprint density at radius 3 is 2.30 bits per heavy atom. The molecule has 0 N–H and O–H groups in total. The number of alkyl halides is 4. The van der Waals surface area contributed by atoms with E-state index in [0.717, 1.165) is 0 Å². The lowest BCUT2D eigenvalue weighted by molar-refractivity contribution is -0.343. The quantitative estimate of drug-likeness (QED) is 0.779. The highest BCUT2D eigenvalue weighted by molar-refractivity contribution is 5.98. The smallest absolute Gasteiger partial charge is 0.392 e. The van der Waals surface area contributed by atoms with Crippen molar-refractivity contribution in [2.45, 2.75) is 11.8 Å². The number of rotatable bonds is 3. The zero-order valence-electron chi connectivity index (χ0n) is 9.52. The summed E-state index contributed by atoms with van der Waals surface area (Å²) < 4.78 is 52.7. The van der Waals surface area contributed by atoms with Gasteiger partial charge in [0.05, 0.1) is 11.0 Å². The van der Waals surface area contributed by atoms with Crippen molar-refractivity contribution in [2.24, 2.45) is 0 Å². The number of benzene rings is 1. The molecule has 0 radical (unpaired) electrons. The van der Waals surface area contributed by atoms with Crippen LogP contribution in [0.4, 0.5) is 17.6 Å². The Labute approximate surface area is 108 Å². The third-order valence-electron chi connectivity index (χ3n) is 2.59. The third kappa shape index (κ3) is 1.82. The first-order chi connectivity index (χ1) is 9.19. The Hall–Kier alpha value is -2.45. The van der Waals surface area contributed by atoms with Crippen LogP contribution in [0.1, 0.15) is 4.79 Å². The van der Waals surface area contributed by atoms with Crippen molar-refractivity contribution in [1.82, 2.24) is 9.55 Å². The van der Waals surface area contributed by atoms with Crippen molar-refractivity contribution in [3.63, 3.8) is 0 Å². The van der Waals surface area contributed by atoms with Gasteiger partial charge in [-0.05, 0) is 12.1 Å². The minimum atomic E-state index is -5.63. The molecule has 0 aliphatic carbocycles. The number of halogens is 4. The van der Waals surface area contributed by atoms with E-state index in [-0.39, 0.29) is 15.6 Å². The highest BCUT2D eigenvalue weighted by Crippen LogP contribution is 2.35. The summed E-state index contributed by atoms with van der Waals surface area (Å²) in [5, 5.41) is 10.1. The predicted molar refractivity (Wildman–Crippen MR) is 55.3 cm³/mol. The van der Waals surface area contributed by atoms with E-state index in [0.29, 0.717) is 6.33 Å². The van der Waals surface area contributed by atoms with Crippen LogP contribution < -0.4 is 5.11 Å². The number of para-hydroxylation sites is 2. The summed E-state index contributed by atoms with van der Waals surface area (Å²) in [4.78, 5) is 25.2. The highest BCUT2D eigenvalue weighted by atomic mass is 19.3. The number of fused-ring (bicyclic) bond motifs is 1. The maximum Gasteiger partial charge on any atom is 0.392 e. The van der Waals surface area contributed by atoms with E-state index in [4.69, 9.17) is 0 Å². The van der Waals surface area contributed by atoms with E-state index < -0.39 is 23.7 Å². The summed E-state index contributed by atoms with van der Waals surface area (Å²) in [6.45, 7) is 0. The normalized spacial score (nSPS) is 12.6. The molecule has 0 amide bonds. The zero-order valence-corrected chi connectivity index (χ0v) is 9.52. The predicted octanol–water partition coefficient (Wildman–Crippen LogP) is 0.697. The molecule has 1 aromatic heterocycles. The minimum absolute atomic E-state index is 0.119. The average Bonchev–Trinajstić information content (AvgIpc) is 2.81. The monoisotopic (exact) mass is 289 g/mol. The summed E-state index contributed by atoms with van der Waals surface area (Å²) in [6.07, 6.45) is 0.617. The fourth-order valence-corrected chi connectivity index (χ4v) is 1.53. The van der Waals surface area contributed by atoms with Crippen molar-refractivity contribution >= 4 is 22.9 Å². The highest BCUT2D eigenvalue weighted by Gasteiger charge is 2.63. The molecule has 9 heteroatoms. The van der Waals surface area contributed by atoms with Crippen LogP contribution in [0.2, 0.25) is 0 Å². The lowest BCUT2D eigenvalue weighted by Crippen LogP contribution is -2.58. The third-order valence-corrected chi connectivity index (χ3v) is 2.59. The van der Waals surface area contributed by atoms with Gasteiger partial charge in [-0.25, -0.2) is 4.98 Å². The molecule has 2 aromatic rings. The zero-order chi connectivity index (χ0) is 15.1. The van der Waals surface area contributed by atoms with Crippen LogP contribution in [-0.2, 0) is 4.79 Å². The van der Waals surface area contributed by atoms with E-state index in [9.17, 15) is 32.3 Å². The van der Waals surface area contributed by atoms with Gasteiger partial charge in [0.15, 0.2) is 0 Å². The second kappa shape index (κ2) is 4.29. The van der Waals surface area contributed by atoms with Gasteiger partial charge >= 0.3 is 17.8 Å². The molecule has 0 unspecified atom stereocenters. The van der Waals surface area contributed by atoms with Crippen LogP contribution in [0.15, 0.2) is 30.6 Å². The van der Waals surface area contributed by atoms with Crippen molar-refractivity contribution in [3.8, 4) is 0 Å². The largest absolute Gasteiger partial charge is 0.544 e. The van der Waals surface area contributed by atoms with Gasteiger partial charge in [0, 0.05) is 0 Å². The Kier molecular flexibility index (Phi) is 2.99. The van der Waals surface area contributed by atoms with E-state index in [1.165, 1.54) is 24.3 Å². The van der Waals surface area contributed by atoms with Gasteiger partial charge in [-0.2, -0.15) is 17.6 Å². The van der Waals surface area contributed by atoms with Crippen molar-refractivity contribution in [3.05, 3.63) is 30.6 Å². The molecule has 0 aliphatic rings. The SMILES string of the molecule is O=C([O-])C(F)(F)C(F)(F)C(=O)n1cnc2ccccc21. The number of carbonyl (C=O) groups is 2. The molecule has 1 heterocycles. The van der Waals surface area contributed by atoms with Gasteiger partial charge in [-0.15, -0.1) is 0 Å². The minimum Gasteiger partial charge on any atom is -0.544 e. The first kappa shape index (κ1) is 14.0. The number of hydrogen-bond donors (Lipinski definition) is 0. The van der Waals surface area contributed by atoms with Crippen LogP contribution in [0.25, 0.3) is 11.0 Å². The van der Waals surface area contributed by atoms with E-state index in [2.05, 4.69) is 4.98 Å². The Morgan fingerprint density at radius 2 is 1.70 bits per heavy atom. The molecule has 0 aliphatic heterocycles. The molecule has 106 valence electrons. The number of carboxylic acid groups (broad SMARTS) is 1. The number of aromatic nitrogens is 2. The molecule has 0 saturated heterocycles. The fourth-order valence-electron chi connectivity index (χ4n) is 1.53. The first-order valence-corrected chi connectivity index (χ1v) is 5.13. The Bertz CT molecular complexity index is 696. The maximum absolute atomic E-state index is 13.4. The molecule has 1 aromatic carbocycles. The number of carboxylic acids is 1. The Morgan fingerprint density at radius 1 is 1.10 bits per heavy atom. The molecule has 2 rings (SSSR count). The summed E-state index contributed by atoms with van der Waals surface area (Å²) >= 11 is 0. The molecule has 0 saturated carbocycles. The van der Waals surface area contributed by atoms with Crippen LogP contribution in [0, 0.1) is 0 Å². The molecule has 20 heavy (non-hydrogen) atoms. The van der Waals surface area contributed by atoms with Gasteiger partial charge in [0.1, 0.15) is 12.3 Å². The van der Waals surface area contributed by atoms with Gasteiger partial charge in [0.25, 0.3) is 0 Å². The second-order valence-corrected chi connectivity index (χ2v) is 3.84. The van der Waals surface area contributed by atoms with Crippen LogP contribution in [0.3, 0.4) is 0 Å². The van der Waals surface area contributed by atoms with Crippen molar-refractivity contribution < 1.29 is 32.3 Å². The number of nitrogens with zero attached hydrogens (tertiary/aromatic N) is 2. The van der Waals surface area contributed by atoms with E-state index >= 15 is 0 Å². The van der Waals surface area contributed by atoms with Crippen LogP contribution in [-0.4, -0.2) is 33.3 Å². The van der Waals surface area contributed by atoms with Crippen molar-refractivity contribution in [1.29, 1.82) is 0 Å². The van der Waals surface area contributed by atoms with Crippen LogP contribution >= 0.6 is 0 Å². The van der Waals surface area contributed by atoms with Gasteiger partial charge in [0.2, 0.25) is 0 Å². The first-order valence-electron chi connectivity index (χ1n) is 5.13. The van der Waals surface area contributed by atoms with E-state index in [1.807, 2.05) is 0 Å². The summed E-state index contributed by atoms with van der Waals surface area (Å²) in [7, 11) is 0. The maximum atomic E-state index is 13.4. The second-order valence-electron chi connectivity index (χ2n) is 3.84. The van der Waals surface area contributed by atoms with Crippen molar-refractivity contribution in [2.75, 3.05) is 0 Å². The lowest BCUT2D eigenvalue weighted by Gasteiger charge is -2.25. The molecule has 0 bridgehead atoms. The van der Waals surface area contributed by atoms with Gasteiger partial charge in [-0.3, -0.25) is 9.36 Å². The molecule has 5 nitrogen and oxygen atoms in total.